The van der Waals surface area contributed by atoms with Gasteiger partial charge in [0.1, 0.15) is 0 Å². The van der Waals surface area contributed by atoms with Crippen LogP contribution in [0.15, 0.2) is 36.4 Å². The van der Waals surface area contributed by atoms with Crippen molar-refractivity contribution >= 4 is 40.5 Å². The van der Waals surface area contributed by atoms with Gasteiger partial charge >= 0.3 is 0 Å². The van der Waals surface area contributed by atoms with Crippen LogP contribution in [0.1, 0.15) is 0 Å². The van der Waals surface area contributed by atoms with Gasteiger partial charge in [0.05, 0.1) is 10.0 Å². The highest BCUT2D eigenvalue weighted by molar-refractivity contribution is 6.41. The van der Waals surface area contributed by atoms with Crippen molar-refractivity contribution < 1.29 is 0 Å². The molecule has 0 saturated carbocycles. The first kappa shape index (κ1) is 11.6. The highest BCUT2D eigenvalue weighted by Gasteiger charge is 2.10. The van der Waals surface area contributed by atoms with E-state index in [0.717, 1.165) is 11.1 Å². The second-order valence-electron chi connectivity index (χ2n) is 3.37. The third kappa shape index (κ3) is 2.27. The summed E-state index contributed by atoms with van der Waals surface area (Å²) in [6, 6.07) is 10.7. The van der Waals surface area contributed by atoms with Gasteiger partial charge in [-0.25, -0.2) is 0 Å². The molecular weight excluding hydrogens is 264 g/mol. The summed E-state index contributed by atoms with van der Waals surface area (Å²) in [5.41, 5.74) is 8.01. The molecule has 0 aliphatic carbocycles. The van der Waals surface area contributed by atoms with E-state index in [1.165, 1.54) is 0 Å². The predicted molar refractivity (Wildman–Crippen MR) is 71.3 cm³/mol. The average molecular weight is 273 g/mol. The van der Waals surface area contributed by atoms with Gasteiger partial charge in [0.2, 0.25) is 0 Å². The zero-order valence-corrected chi connectivity index (χ0v) is 10.4. The summed E-state index contributed by atoms with van der Waals surface area (Å²) in [6.45, 7) is 0. The van der Waals surface area contributed by atoms with Crippen molar-refractivity contribution in [1.82, 2.24) is 0 Å². The lowest BCUT2D eigenvalue weighted by atomic mass is 10.1. The van der Waals surface area contributed by atoms with Crippen molar-refractivity contribution in [3.05, 3.63) is 51.5 Å². The normalized spacial score (nSPS) is 10.4. The number of hydrogen-bond donors (Lipinski definition) is 1. The van der Waals surface area contributed by atoms with Crippen LogP contribution in [-0.2, 0) is 0 Å². The minimum Gasteiger partial charge on any atom is -0.399 e. The van der Waals surface area contributed by atoms with Crippen molar-refractivity contribution in [2.24, 2.45) is 0 Å². The maximum atomic E-state index is 6.11. The van der Waals surface area contributed by atoms with Crippen LogP contribution >= 0.6 is 34.8 Å². The molecule has 1 nitrogen and oxygen atoms in total. The van der Waals surface area contributed by atoms with E-state index in [9.17, 15) is 0 Å². The first-order valence-electron chi connectivity index (χ1n) is 4.58. The second kappa shape index (κ2) is 4.54. The lowest BCUT2D eigenvalue weighted by Crippen LogP contribution is -1.87. The fraction of sp³-hybridized carbons (Fsp3) is 0. The van der Waals surface area contributed by atoms with E-state index < -0.39 is 0 Å². The molecule has 4 heteroatoms. The van der Waals surface area contributed by atoms with Crippen LogP contribution in [0.25, 0.3) is 11.1 Å². The van der Waals surface area contributed by atoms with Crippen LogP contribution in [0.3, 0.4) is 0 Å². The van der Waals surface area contributed by atoms with Gasteiger partial charge in [-0.15, -0.1) is 0 Å². The van der Waals surface area contributed by atoms with Crippen molar-refractivity contribution in [3.63, 3.8) is 0 Å². The standard InChI is InChI=1S/C12H8Cl3N/c13-8-5-10(14)12(11(15)6-8)7-2-1-3-9(16)4-7/h1-6H,16H2. The Balaban J connectivity index is 2.64. The minimum absolute atomic E-state index is 0.516. The molecule has 16 heavy (non-hydrogen) atoms. The molecular formula is C12H8Cl3N. The Morgan fingerprint density at radius 1 is 0.875 bits per heavy atom. The van der Waals surface area contributed by atoms with Crippen LogP contribution in [0, 0.1) is 0 Å². The molecule has 0 heterocycles. The molecule has 0 bridgehead atoms. The zero-order valence-electron chi connectivity index (χ0n) is 8.18. The van der Waals surface area contributed by atoms with Gasteiger partial charge in [-0.3, -0.25) is 0 Å². The Morgan fingerprint density at radius 2 is 1.50 bits per heavy atom. The molecule has 0 atom stereocenters. The second-order valence-corrected chi connectivity index (χ2v) is 4.62. The Bertz CT molecular complexity index is 515. The summed E-state index contributed by atoms with van der Waals surface area (Å²) in [6.07, 6.45) is 0. The largest absolute Gasteiger partial charge is 0.399 e. The van der Waals surface area contributed by atoms with Gasteiger partial charge < -0.3 is 5.73 Å². The molecule has 0 fully saturated rings. The van der Waals surface area contributed by atoms with Gasteiger partial charge in [-0.1, -0.05) is 46.9 Å². The average Bonchev–Trinajstić information content (AvgIpc) is 2.15. The van der Waals surface area contributed by atoms with Crippen LogP contribution in [0.5, 0.6) is 0 Å². The zero-order chi connectivity index (χ0) is 11.7. The van der Waals surface area contributed by atoms with Crippen LogP contribution in [-0.4, -0.2) is 0 Å². The van der Waals surface area contributed by atoms with E-state index in [0.29, 0.717) is 20.8 Å². The number of nitrogens with two attached hydrogens (primary N) is 1. The number of nitrogen functional groups attached to an aromatic ring is 1. The SMILES string of the molecule is Nc1cccc(-c2c(Cl)cc(Cl)cc2Cl)c1. The van der Waals surface area contributed by atoms with Crippen molar-refractivity contribution in [2.45, 2.75) is 0 Å². The summed E-state index contributed by atoms with van der Waals surface area (Å²) >= 11 is 18.1. The number of rotatable bonds is 1. The first-order valence-corrected chi connectivity index (χ1v) is 5.72. The third-order valence-electron chi connectivity index (χ3n) is 2.18. The third-order valence-corrected chi connectivity index (χ3v) is 3.00. The van der Waals surface area contributed by atoms with Gasteiger partial charge in [-0.2, -0.15) is 0 Å². The van der Waals surface area contributed by atoms with E-state index in [-0.39, 0.29) is 0 Å². The van der Waals surface area contributed by atoms with E-state index in [1.54, 1.807) is 18.2 Å². The highest BCUT2D eigenvalue weighted by Crippen LogP contribution is 2.37. The summed E-state index contributed by atoms with van der Waals surface area (Å²) in [5, 5.41) is 1.55. The Labute approximate surface area is 109 Å². The van der Waals surface area contributed by atoms with E-state index in [2.05, 4.69) is 0 Å². The Morgan fingerprint density at radius 3 is 2.06 bits per heavy atom. The summed E-state index contributed by atoms with van der Waals surface area (Å²) in [7, 11) is 0. The van der Waals surface area contributed by atoms with Crippen LogP contribution < -0.4 is 5.73 Å². The van der Waals surface area contributed by atoms with Gasteiger partial charge in [-0.05, 0) is 29.8 Å². The van der Waals surface area contributed by atoms with Gasteiger partial charge in [0, 0.05) is 16.3 Å². The van der Waals surface area contributed by atoms with Crippen molar-refractivity contribution in [3.8, 4) is 11.1 Å². The molecule has 82 valence electrons. The van der Waals surface area contributed by atoms with Crippen molar-refractivity contribution in [2.75, 3.05) is 5.73 Å². The Hall–Kier alpha value is -0.890. The molecule has 2 aromatic carbocycles. The topological polar surface area (TPSA) is 26.0 Å². The molecule has 0 unspecified atom stereocenters. The van der Waals surface area contributed by atoms with E-state index in [1.807, 2.05) is 18.2 Å². The number of hydrogen-bond acceptors (Lipinski definition) is 1. The number of halogens is 3. The maximum absolute atomic E-state index is 6.11. The first-order chi connectivity index (χ1) is 7.58. The fourth-order valence-corrected chi connectivity index (χ4v) is 2.55. The molecule has 2 rings (SSSR count). The quantitative estimate of drug-likeness (QED) is 0.734. The highest BCUT2D eigenvalue weighted by atomic mass is 35.5. The van der Waals surface area contributed by atoms with Crippen LogP contribution in [0.4, 0.5) is 5.69 Å². The molecule has 0 aliphatic heterocycles. The molecule has 0 radical (unpaired) electrons. The number of anilines is 1. The lowest BCUT2D eigenvalue weighted by molar-refractivity contribution is 1.61. The molecule has 0 aromatic heterocycles. The summed E-state index contributed by atoms with van der Waals surface area (Å²) < 4.78 is 0. The molecule has 2 N–H and O–H groups in total. The molecule has 0 saturated heterocycles. The van der Waals surface area contributed by atoms with Gasteiger partial charge in [0.25, 0.3) is 0 Å². The predicted octanol–water partition coefficient (Wildman–Crippen LogP) is 4.90. The summed E-state index contributed by atoms with van der Waals surface area (Å²) in [5.74, 6) is 0. The summed E-state index contributed by atoms with van der Waals surface area (Å²) in [4.78, 5) is 0. The van der Waals surface area contributed by atoms with Crippen molar-refractivity contribution in [1.29, 1.82) is 0 Å². The smallest absolute Gasteiger partial charge is 0.0514 e. The molecule has 2 aromatic rings. The maximum Gasteiger partial charge on any atom is 0.0514 e. The van der Waals surface area contributed by atoms with E-state index in [4.69, 9.17) is 40.5 Å². The van der Waals surface area contributed by atoms with Gasteiger partial charge in [0.15, 0.2) is 0 Å². The Kier molecular flexibility index (Phi) is 3.29. The van der Waals surface area contributed by atoms with E-state index >= 15 is 0 Å². The number of benzene rings is 2. The molecule has 0 amide bonds. The van der Waals surface area contributed by atoms with Crippen LogP contribution in [0.2, 0.25) is 15.1 Å². The monoisotopic (exact) mass is 271 g/mol. The fourth-order valence-electron chi connectivity index (χ4n) is 1.51. The molecule has 0 spiro atoms. The molecule has 0 aliphatic rings. The minimum atomic E-state index is 0.516. The lowest BCUT2D eigenvalue weighted by Gasteiger charge is -2.08.